The van der Waals surface area contributed by atoms with E-state index in [1.165, 1.54) is 12.3 Å². The van der Waals surface area contributed by atoms with Crippen LogP contribution in [0, 0.1) is 0 Å². The first kappa shape index (κ1) is 7.19. The second kappa shape index (κ2) is 2.77. The van der Waals surface area contributed by atoms with Crippen LogP contribution in [-0.4, -0.2) is 12.8 Å². The van der Waals surface area contributed by atoms with Crippen LogP contribution in [0.1, 0.15) is 12.1 Å². The molecule has 1 aromatic rings. The summed E-state index contributed by atoms with van der Waals surface area (Å²) in [6.45, 7) is 0. The summed E-state index contributed by atoms with van der Waals surface area (Å²) in [5, 5.41) is 0. The zero-order chi connectivity index (χ0) is 7.56. The maximum absolute atomic E-state index is 11.8. The van der Waals surface area contributed by atoms with Gasteiger partial charge in [0.25, 0.3) is 6.43 Å². The van der Waals surface area contributed by atoms with Crippen molar-refractivity contribution in [2.45, 2.75) is 6.43 Å². The van der Waals surface area contributed by atoms with Crippen LogP contribution < -0.4 is 5.46 Å². The molecule has 1 nitrogen and oxygen atoms in total. The molecule has 0 spiro atoms. The van der Waals surface area contributed by atoms with E-state index in [1.807, 2.05) is 0 Å². The minimum atomic E-state index is -2.54. The number of aromatic nitrogens is 1. The van der Waals surface area contributed by atoms with Gasteiger partial charge in [-0.2, -0.15) is 0 Å². The molecule has 0 saturated carbocycles. The van der Waals surface area contributed by atoms with E-state index in [0.29, 0.717) is 5.46 Å². The van der Waals surface area contributed by atoms with Crippen molar-refractivity contribution in [1.29, 1.82) is 0 Å². The summed E-state index contributed by atoms with van der Waals surface area (Å²) < 4.78 is 23.7. The Morgan fingerprint density at radius 1 is 1.50 bits per heavy atom. The lowest BCUT2D eigenvalue weighted by Gasteiger charge is -1.97. The molecule has 0 aliphatic carbocycles. The average Bonchev–Trinajstić information content (AvgIpc) is 1.88. The molecule has 50 valence electrons. The Bertz CT molecular complexity index is 227. The highest BCUT2D eigenvalue weighted by molar-refractivity contribution is 6.32. The minimum absolute atomic E-state index is 0.278. The van der Waals surface area contributed by atoms with Crippen LogP contribution >= 0.6 is 0 Å². The van der Waals surface area contributed by atoms with Crippen LogP contribution in [0.3, 0.4) is 0 Å². The van der Waals surface area contributed by atoms with Gasteiger partial charge in [-0.05, 0) is 6.07 Å². The number of rotatable bonds is 1. The molecule has 0 amide bonds. The topological polar surface area (TPSA) is 12.9 Å². The number of hydrogen-bond donors (Lipinski definition) is 0. The molecule has 0 unspecified atom stereocenters. The van der Waals surface area contributed by atoms with Crippen molar-refractivity contribution in [2.75, 3.05) is 0 Å². The number of hydrogen-bond acceptors (Lipinski definition) is 1. The third kappa shape index (κ3) is 1.53. The lowest BCUT2D eigenvalue weighted by molar-refractivity contribution is 0.146. The van der Waals surface area contributed by atoms with Crippen molar-refractivity contribution >= 4 is 13.3 Å². The second-order valence-electron chi connectivity index (χ2n) is 1.81. The van der Waals surface area contributed by atoms with Crippen LogP contribution in [0.4, 0.5) is 8.78 Å². The first-order valence-corrected chi connectivity index (χ1v) is 2.69. The Morgan fingerprint density at radius 3 is 2.60 bits per heavy atom. The first-order valence-electron chi connectivity index (χ1n) is 2.69. The fourth-order valence-corrected chi connectivity index (χ4v) is 0.585. The van der Waals surface area contributed by atoms with Gasteiger partial charge in [-0.15, -0.1) is 0 Å². The largest absolute Gasteiger partial charge is 0.280 e. The number of nitrogens with zero attached hydrogens (tertiary/aromatic N) is 1. The van der Waals surface area contributed by atoms with Gasteiger partial charge in [0, 0.05) is 6.20 Å². The van der Waals surface area contributed by atoms with Crippen molar-refractivity contribution in [1.82, 2.24) is 4.98 Å². The Morgan fingerprint density at radius 2 is 2.20 bits per heavy atom. The van der Waals surface area contributed by atoms with Gasteiger partial charge in [0.1, 0.15) is 13.5 Å². The van der Waals surface area contributed by atoms with E-state index in [0.717, 1.165) is 6.07 Å². The van der Waals surface area contributed by atoms with Gasteiger partial charge in [0.15, 0.2) is 0 Å². The van der Waals surface area contributed by atoms with Crippen molar-refractivity contribution in [3.63, 3.8) is 0 Å². The zero-order valence-electron chi connectivity index (χ0n) is 5.09. The number of alkyl halides is 2. The smallest absolute Gasteiger partial charge is 0.255 e. The minimum Gasteiger partial charge on any atom is -0.255 e. The lowest BCUT2D eigenvalue weighted by Crippen LogP contribution is -2.04. The van der Waals surface area contributed by atoms with E-state index in [4.69, 9.17) is 7.85 Å². The van der Waals surface area contributed by atoms with E-state index < -0.39 is 6.43 Å². The maximum Gasteiger partial charge on any atom is 0.280 e. The molecular formula is C6H4BF2N. The standard InChI is InChI=1S/C6H4BF2N/c7-4-1-2-10-5(3-4)6(8)9/h1-3,6H. The molecular weight excluding hydrogens is 135 g/mol. The SMILES string of the molecule is [B]c1ccnc(C(F)F)c1. The summed E-state index contributed by atoms with van der Waals surface area (Å²) in [5.41, 5.74) is 0.0327. The third-order valence-electron chi connectivity index (χ3n) is 1.03. The molecule has 0 atom stereocenters. The van der Waals surface area contributed by atoms with Gasteiger partial charge >= 0.3 is 0 Å². The highest BCUT2D eigenvalue weighted by Gasteiger charge is 2.06. The summed E-state index contributed by atoms with van der Waals surface area (Å²) in [7, 11) is 5.22. The van der Waals surface area contributed by atoms with Crippen LogP contribution in [0.25, 0.3) is 0 Å². The monoisotopic (exact) mass is 139 g/mol. The van der Waals surface area contributed by atoms with Gasteiger partial charge in [-0.3, -0.25) is 4.98 Å². The predicted octanol–water partition coefficient (Wildman–Crippen LogP) is 0.813. The van der Waals surface area contributed by atoms with E-state index in [-0.39, 0.29) is 5.69 Å². The lowest BCUT2D eigenvalue weighted by atomic mass is 9.97. The molecule has 1 rings (SSSR count). The third-order valence-corrected chi connectivity index (χ3v) is 1.03. The molecule has 2 radical (unpaired) electrons. The van der Waals surface area contributed by atoms with E-state index in [9.17, 15) is 8.78 Å². The fraction of sp³-hybridized carbons (Fsp3) is 0.167. The fourth-order valence-electron chi connectivity index (χ4n) is 0.585. The Hall–Kier alpha value is -0.925. The zero-order valence-corrected chi connectivity index (χ0v) is 5.09. The highest BCUT2D eigenvalue weighted by atomic mass is 19.3. The molecule has 1 heterocycles. The van der Waals surface area contributed by atoms with Crippen molar-refractivity contribution in [2.24, 2.45) is 0 Å². The molecule has 4 heteroatoms. The maximum atomic E-state index is 11.8. The van der Waals surface area contributed by atoms with Crippen LogP contribution in [0.2, 0.25) is 0 Å². The summed E-state index contributed by atoms with van der Waals surface area (Å²) in [5.74, 6) is 0. The Labute approximate surface area is 58.5 Å². The highest BCUT2D eigenvalue weighted by Crippen LogP contribution is 2.13. The number of pyridine rings is 1. The summed E-state index contributed by atoms with van der Waals surface area (Å²) >= 11 is 0. The van der Waals surface area contributed by atoms with Gasteiger partial charge in [-0.25, -0.2) is 8.78 Å². The quantitative estimate of drug-likeness (QED) is 0.524. The Balaban J connectivity index is 2.96. The van der Waals surface area contributed by atoms with Gasteiger partial charge in [0.05, 0.1) is 0 Å². The second-order valence-corrected chi connectivity index (χ2v) is 1.81. The van der Waals surface area contributed by atoms with Crippen LogP contribution in [0.5, 0.6) is 0 Å². The van der Waals surface area contributed by atoms with Gasteiger partial charge in [-0.1, -0.05) is 11.5 Å². The van der Waals surface area contributed by atoms with Gasteiger partial charge < -0.3 is 0 Å². The molecule has 0 aromatic carbocycles. The van der Waals surface area contributed by atoms with E-state index in [2.05, 4.69) is 4.98 Å². The summed E-state index contributed by atoms with van der Waals surface area (Å²) in [6.07, 6.45) is -1.28. The molecule has 0 bridgehead atoms. The molecule has 0 saturated heterocycles. The summed E-state index contributed by atoms with van der Waals surface area (Å²) in [4.78, 5) is 3.41. The molecule has 10 heavy (non-hydrogen) atoms. The molecule has 0 fully saturated rings. The summed E-state index contributed by atoms with van der Waals surface area (Å²) in [6, 6.07) is 2.62. The van der Waals surface area contributed by atoms with E-state index >= 15 is 0 Å². The molecule has 1 aromatic heterocycles. The van der Waals surface area contributed by atoms with Gasteiger partial charge in [0.2, 0.25) is 0 Å². The predicted molar refractivity (Wildman–Crippen MR) is 34.6 cm³/mol. The van der Waals surface area contributed by atoms with E-state index in [1.54, 1.807) is 0 Å². The normalized spacial score (nSPS) is 10.3. The first-order chi connectivity index (χ1) is 4.70. The molecule has 0 aliphatic heterocycles. The van der Waals surface area contributed by atoms with Crippen LogP contribution in [0.15, 0.2) is 18.3 Å². The average molecular weight is 139 g/mol. The molecule has 0 N–H and O–H groups in total. The Kier molecular flexibility index (Phi) is 1.99. The van der Waals surface area contributed by atoms with Crippen molar-refractivity contribution in [3.05, 3.63) is 24.0 Å². The van der Waals surface area contributed by atoms with Crippen molar-refractivity contribution < 1.29 is 8.78 Å². The molecule has 0 aliphatic rings. The number of halogens is 2. The van der Waals surface area contributed by atoms with Crippen LogP contribution in [-0.2, 0) is 0 Å². The van der Waals surface area contributed by atoms with Crippen molar-refractivity contribution in [3.8, 4) is 0 Å².